The van der Waals surface area contributed by atoms with Gasteiger partial charge in [-0.3, -0.25) is 0 Å². The zero-order valence-electron chi connectivity index (χ0n) is 11.9. The minimum atomic E-state index is -1.60. The molecule has 102 valence electrons. The number of para-hydroxylation sites is 1. The number of ether oxygens (including phenoxy) is 2. The van der Waals surface area contributed by atoms with Gasteiger partial charge in [0.05, 0.1) is 12.2 Å². The van der Waals surface area contributed by atoms with Crippen molar-refractivity contribution >= 4 is 9.04 Å². The van der Waals surface area contributed by atoms with Crippen molar-refractivity contribution in [3.63, 3.8) is 0 Å². The van der Waals surface area contributed by atoms with Crippen LogP contribution in [0, 0.1) is 0 Å². The van der Waals surface area contributed by atoms with E-state index >= 15 is 0 Å². The Kier molecular flexibility index (Phi) is 6.39. The molecule has 0 aromatic heterocycles. The third-order valence-corrected chi connectivity index (χ3v) is 3.99. The molecule has 0 saturated carbocycles. The maximum absolute atomic E-state index is 5.97. The van der Waals surface area contributed by atoms with Gasteiger partial charge in [-0.25, -0.2) is 0 Å². The smallest absolute Gasteiger partial charge is 0.291 e. The highest BCUT2D eigenvalue weighted by Gasteiger charge is 2.25. The van der Waals surface area contributed by atoms with E-state index in [9.17, 15) is 0 Å². The number of hydrogen-bond acceptors (Lipinski definition) is 3. The summed E-state index contributed by atoms with van der Waals surface area (Å²) in [5, 5.41) is 0. The third-order valence-electron chi connectivity index (χ3n) is 2.26. The van der Waals surface area contributed by atoms with Crippen molar-refractivity contribution in [2.45, 2.75) is 52.4 Å². The van der Waals surface area contributed by atoms with Crippen LogP contribution in [-0.4, -0.2) is 27.2 Å². The van der Waals surface area contributed by atoms with Crippen LogP contribution in [0.3, 0.4) is 0 Å². The van der Waals surface area contributed by atoms with Crippen LogP contribution < -0.4 is 4.43 Å². The Hall–Kier alpha value is -0.843. The summed E-state index contributed by atoms with van der Waals surface area (Å²) in [6.07, 6.45) is 0.283. The lowest BCUT2D eigenvalue weighted by Gasteiger charge is -2.27. The minimum Gasteiger partial charge on any atom is -0.541 e. The fourth-order valence-electron chi connectivity index (χ4n) is 1.56. The molecule has 0 radical (unpaired) electrons. The molecule has 4 heteroatoms. The molecule has 1 aromatic rings. The van der Waals surface area contributed by atoms with Gasteiger partial charge in [0, 0.05) is 0 Å². The average Bonchev–Trinajstić information content (AvgIpc) is 2.28. The van der Waals surface area contributed by atoms with Gasteiger partial charge < -0.3 is 13.9 Å². The van der Waals surface area contributed by atoms with E-state index in [0.717, 1.165) is 5.75 Å². The van der Waals surface area contributed by atoms with Crippen LogP contribution in [0.5, 0.6) is 5.75 Å². The van der Waals surface area contributed by atoms with Gasteiger partial charge in [0.15, 0.2) is 5.91 Å². The molecule has 0 saturated heterocycles. The fraction of sp³-hybridized carbons (Fsp3) is 0.571. The largest absolute Gasteiger partial charge is 0.541 e. The van der Waals surface area contributed by atoms with Crippen LogP contribution >= 0.6 is 0 Å². The van der Waals surface area contributed by atoms with Gasteiger partial charge in [-0.15, -0.1) is 0 Å². The van der Waals surface area contributed by atoms with E-state index in [1.807, 2.05) is 58.0 Å². The molecule has 0 N–H and O–H groups in total. The van der Waals surface area contributed by atoms with Crippen molar-refractivity contribution in [3.8, 4) is 5.75 Å². The van der Waals surface area contributed by atoms with Crippen molar-refractivity contribution in [3.05, 3.63) is 30.3 Å². The Balaban J connectivity index is 2.60. The van der Waals surface area contributed by atoms with Gasteiger partial charge in [-0.1, -0.05) is 18.2 Å². The molecule has 0 aliphatic heterocycles. The minimum absolute atomic E-state index is 0.142. The maximum atomic E-state index is 5.97. The third kappa shape index (κ3) is 5.66. The van der Waals surface area contributed by atoms with E-state index in [1.54, 1.807) is 0 Å². The summed E-state index contributed by atoms with van der Waals surface area (Å²) in [4.78, 5) is 0. The van der Waals surface area contributed by atoms with Crippen molar-refractivity contribution in [2.24, 2.45) is 0 Å². The first-order valence-electron chi connectivity index (χ1n) is 6.51. The first kappa shape index (κ1) is 15.2. The van der Waals surface area contributed by atoms with Gasteiger partial charge in [0.25, 0.3) is 9.04 Å². The zero-order valence-corrected chi connectivity index (χ0v) is 13.1. The Bertz CT molecular complexity index is 317. The fourth-order valence-corrected chi connectivity index (χ4v) is 3.33. The predicted octanol–water partition coefficient (Wildman–Crippen LogP) is 3.13. The molecule has 0 bridgehead atoms. The molecule has 0 aliphatic rings. The van der Waals surface area contributed by atoms with Crippen LogP contribution in [0.4, 0.5) is 0 Å². The van der Waals surface area contributed by atoms with Gasteiger partial charge in [-0.2, -0.15) is 0 Å². The number of rotatable bonds is 7. The van der Waals surface area contributed by atoms with Crippen LogP contribution in [0.25, 0.3) is 0 Å². The van der Waals surface area contributed by atoms with E-state index in [2.05, 4.69) is 6.55 Å². The normalized spacial score (nSPS) is 13.3. The molecule has 0 amide bonds. The van der Waals surface area contributed by atoms with E-state index in [-0.39, 0.29) is 18.1 Å². The molecule has 18 heavy (non-hydrogen) atoms. The monoisotopic (exact) mass is 268 g/mol. The van der Waals surface area contributed by atoms with E-state index in [4.69, 9.17) is 13.9 Å². The number of hydrogen-bond donors (Lipinski definition) is 0. The van der Waals surface area contributed by atoms with Crippen LogP contribution in [0.15, 0.2) is 30.3 Å². The lowest BCUT2D eigenvalue weighted by atomic mass is 10.3. The Morgan fingerprint density at radius 2 is 1.39 bits per heavy atom. The van der Waals surface area contributed by atoms with Crippen molar-refractivity contribution < 1.29 is 13.9 Å². The zero-order chi connectivity index (χ0) is 13.5. The summed E-state index contributed by atoms with van der Waals surface area (Å²) >= 11 is 0. The van der Waals surface area contributed by atoms with Gasteiger partial charge in [0.2, 0.25) is 0 Å². The van der Waals surface area contributed by atoms with Gasteiger partial charge >= 0.3 is 0 Å². The topological polar surface area (TPSA) is 27.7 Å². The van der Waals surface area contributed by atoms with Crippen molar-refractivity contribution in [1.82, 2.24) is 0 Å². The van der Waals surface area contributed by atoms with E-state index in [0.29, 0.717) is 0 Å². The van der Waals surface area contributed by atoms with Gasteiger partial charge in [0.1, 0.15) is 5.75 Å². The summed E-state index contributed by atoms with van der Waals surface area (Å²) in [6.45, 7) is 10.2. The highest BCUT2D eigenvalue weighted by atomic mass is 28.3. The molecule has 1 unspecified atom stereocenters. The lowest BCUT2D eigenvalue weighted by molar-refractivity contribution is -0.140. The highest BCUT2D eigenvalue weighted by Crippen LogP contribution is 2.14. The van der Waals surface area contributed by atoms with Crippen molar-refractivity contribution in [2.75, 3.05) is 0 Å². The second-order valence-corrected chi connectivity index (χ2v) is 7.06. The highest BCUT2D eigenvalue weighted by molar-refractivity contribution is 6.52. The summed E-state index contributed by atoms with van der Waals surface area (Å²) < 4.78 is 17.6. The van der Waals surface area contributed by atoms with Crippen LogP contribution in [0.1, 0.15) is 27.7 Å². The molecule has 1 atom stereocenters. The van der Waals surface area contributed by atoms with Crippen LogP contribution in [-0.2, 0) is 9.47 Å². The molecule has 1 aromatic carbocycles. The first-order valence-corrected chi connectivity index (χ1v) is 8.81. The van der Waals surface area contributed by atoms with E-state index < -0.39 is 9.04 Å². The maximum Gasteiger partial charge on any atom is 0.291 e. The molecule has 1 rings (SSSR count). The van der Waals surface area contributed by atoms with Crippen molar-refractivity contribution in [1.29, 1.82) is 0 Å². The molecule has 0 spiro atoms. The van der Waals surface area contributed by atoms with Crippen LogP contribution in [0.2, 0.25) is 6.55 Å². The summed E-state index contributed by atoms with van der Waals surface area (Å²) in [7, 11) is -1.60. The molecule has 3 nitrogen and oxygen atoms in total. The average molecular weight is 268 g/mol. The molecular formula is C14H24O3Si. The summed E-state index contributed by atoms with van der Waals surface area (Å²) in [5.74, 6) is 0.673. The standard InChI is InChI=1S/C14H24O3Si/c1-11(2)15-14(16-12(3)4)18(5)17-13-9-7-6-8-10-13/h6-12,14,18H,1-5H3. The second-order valence-electron chi connectivity index (χ2n) is 4.87. The van der Waals surface area contributed by atoms with E-state index in [1.165, 1.54) is 0 Å². The first-order chi connectivity index (χ1) is 8.49. The molecule has 0 fully saturated rings. The SMILES string of the molecule is CC(C)OC(OC(C)C)[SiH](C)Oc1ccccc1. The Labute approximate surface area is 112 Å². The quantitative estimate of drug-likeness (QED) is 0.562. The van der Waals surface area contributed by atoms with Gasteiger partial charge in [-0.05, 0) is 46.4 Å². The summed E-state index contributed by atoms with van der Waals surface area (Å²) in [5.41, 5.74) is 0. The molecular weight excluding hydrogens is 244 g/mol. The predicted molar refractivity (Wildman–Crippen MR) is 76.3 cm³/mol. The molecule has 0 heterocycles. The Morgan fingerprint density at radius 1 is 0.889 bits per heavy atom. The lowest BCUT2D eigenvalue weighted by Crippen LogP contribution is -2.41. The second kappa shape index (κ2) is 7.56. The molecule has 0 aliphatic carbocycles. The Morgan fingerprint density at radius 3 is 1.83 bits per heavy atom. The number of benzene rings is 1. The summed E-state index contributed by atoms with van der Waals surface area (Å²) in [6, 6.07) is 9.85.